The zero-order valence-electron chi connectivity index (χ0n) is 7.92. The Balaban J connectivity index is 2.75. The topological polar surface area (TPSA) is 38.9 Å². The van der Waals surface area contributed by atoms with Gasteiger partial charge in [-0.3, -0.25) is 4.98 Å². The van der Waals surface area contributed by atoms with Gasteiger partial charge in [0.25, 0.3) is 0 Å². The minimum atomic E-state index is -0.225. The van der Waals surface area contributed by atoms with Crippen LogP contribution in [0, 0.1) is 12.7 Å². The Kier molecular flexibility index (Phi) is 2.17. The van der Waals surface area contributed by atoms with E-state index in [-0.39, 0.29) is 5.82 Å². The first-order valence-electron chi connectivity index (χ1n) is 4.46. The predicted molar refractivity (Wildman–Crippen MR) is 54.3 cm³/mol. The van der Waals surface area contributed by atoms with E-state index in [0.29, 0.717) is 6.54 Å². The fourth-order valence-corrected chi connectivity index (χ4v) is 1.52. The second-order valence-corrected chi connectivity index (χ2v) is 3.30. The molecule has 0 fully saturated rings. The summed E-state index contributed by atoms with van der Waals surface area (Å²) >= 11 is 0. The van der Waals surface area contributed by atoms with Crippen LogP contribution in [0.3, 0.4) is 0 Å². The van der Waals surface area contributed by atoms with Crippen molar-refractivity contribution in [3.8, 4) is 0 Å². The molecule has 0 spiro atoms. The molecule has 2 aromatic rings. The van der Waals surface area contributed by atoms with Crippen molar-refractivity contribution < 1.29 is 4.39 Å². The van der Waals surface area contributed by atoms with E-state index in [1.54, 1.807) is 0 Å². The number of hydrogen-bond donors (Lipinski definition) is 1. The van der Waals surface area contributed by atoms with Crippen molar-refractivity contribution >= 4 is 10.9 Å². The summed E-state index contributed by atoms with van der Waals surface area (Å²) in [6.07, 6.45) is 0. The highest BCUT2D eigenvalue weighted by Gasteiger charge is 2.02. The van der Waals surface area contributed by atoms with Gasteiger partial charge in [0.2, 0.25) is 0 Å². The van der Waals surface area contributed by atoms with Gasteiger partial charge >= 0.3 is 0 Å². The number of nitrogens with zero attached hydrogens (tertiary/aromatic N) is 1. The SMILES string of the molecule is Cc1cc(F)cc2ccc(CN)nc12. The third-order valence-corrected chi connectivity index (χ3v) is 2.21. The van der Waals surface area contributed by atoms with Crippen LogP contribution >= 0.6 is 0 Å². The normalized spacial score (nSPS) is 10.8. The second kappa shape index (κ2) is 3.35. The van der Waals surface area contributed by atoms with Gasteiger partial charge in [0.1, 0.15) is 5.82 Å². The molecule has 0 unspecified atom stereocenters. The molecular weight excluding hydrogens is 179 g/mol. The first-order valence-corrected chi connectivity index (χ1v) is 4.46. The van der Waals surface area contributed by atoms with Crippen molar-refractivity contribution in [3.05, 3.63) is 41.3 Å². The van der Waals surface area contributed by atoms with E-state index in [9.17, 15) is 4.39 Å². The average Bonchev–Trinajstić information content (AvgIpc) is 2.17. The minimum Gasteiger partial charge on any atom is -0.325 e. The van der Waals surface area contributed by atoms with Crippen molar-refractivity contribution in [2.45, 2.75) is 13.5 Å². The van der Waals surface area contributed by atoms with Crippen LogP contribution in [0.2, 0.25) is 0 Å². The lowest BCUT2D eigenvalue weighted by molar-refractivity contribution is 0.628. The molecule has 0 amide bonds. The number of fused-ring (bicyclic) bond motifs is 1. The fourth-order valence-electron chi connectivity index (χ4n) is 1.52. The highest BCUT2D eigenvalue weighted by atomic mass is 19.1. The Bertz CT molecular complexity index is 480. The molecule has 0 aliphatic carbocycles. The number of benzene rings is 1. The van der Waals surface area contributed by atoms with Gasteiger partial charge in [-0.25, -0.2) is 4.39 Å². The third kappa shape index (κ3) is 1.46. The monoisotopic (exact) mass is 190 g/mol. The average molecular weight is 190 g/mol. The fraction of sp³-hybridized carbons (Fsp3) is 0.182. The van der Waals surface area contributed by atoms with Crippen LogP contribution < -0.4 is 5.73 Å². The second-order valence-electron chi connectivity index (χ2n) is 3.30. The first kappa shape index (κ1) is 9.09. The molecule has 3 heteroatoms. The molecule has 1 aromatic carbocycles. The van der Waals surface area contributed by atoms with Gasteiger partial charge in [0.05, 0.1) is 11.2 Å². The van der Waals surface area contributed by atoms with Gasteiger partial charge in [-0.05, 0) is 30.7 Å². The van der Waals surface area contributed by atoms with E-state index in [0.717, 1.165) is 22.2 Å². The van der Waals surface area contributed by atoms with Gasteiger partial charge in [-0.15, -0.1) is 0 Å². The molecule has 2 nitrogen and oxygen atoms in total. The molecule has 2 N–H and O–H groups in total. The number of aryl methyl sites for hydroxylation is 1. The zero-order chi connectivity index (χ0) is 10.1. The zero-order valence-corrected chi connectivity index (χ0v) is 7.92. The summed E-state index contributed by atoms with van der Waals surface area (Å²) in [7, 11) is 0. The molecule has 0 aliphatic heterocycles. The van der Waals surface area contributed by atoms with E-state index in [2.05, 4.69) is 4.98 Å². The summed E-state index contributed by atoms with van der Waals surface area (Å²) in [5.41, 5.74) is 7.98. The number of hydrogen-bond acceptors (Lipinski definition) is 2. The molecule has 14 heavy (non-hydrogen) atoms. The highest BCUT2D eigenvalue weighted by Crippen LogP contribution is 2.18. The molecular formula is C11H11FN2. The van der Waals surface area contributed by atoms with Crippen LogP contribution in [0.1, 0.15) is 11.3 Å². The lowest BCUT2D eigenvalue weighted by Gasteiger charge is -2.03. The molecule has 0 aliphatic rings. The van der Waals surface area contributed by atoms with E-state index in [1.807, 2.05) is 19.1 Å². The van der Waals surface area contributed by atoms with Crippen molar-refractivity contribution in [2.24, 2.45) is 5.73 Å². The summed E-state index contributed by atoms with van der Waals surface area (Å²) in [4.78, 5) is 4.34. The molecule has 0 bridgehead atoms. The number of pyridine rings is 1. The third-order valence-electron chi connectivity index (χ3n) is 2.21. The largest absolute Gasteiger partial charge is 0.325 e. The number of rotatable bonds is 1. The summed E-state index contributed by atoms with van der Waals surface area (Å²) in [5.74, 6) is -0.225. The lowest BCUT2D eigenvalue weighted by atomic mass is 10.1. The summed E-state index contributed by atoms with van der Waals surface area (Å²) in [6.45, 7) is 2.26. The van der Waals surface area contributed by atoms with E-state index >= 15 is 0 Å². The van der Waals surface area contributed by atoms with Crippen LogP contribution in [0.4, 0.5) is 4.39 Å². The van der Waals surface area contributed by atoms with Crippen LogP contribution in [-0.4, -0.2) is 4.98 Å². The van der Waals surface area contributed by atoms with Crippen molar-refractivity contribution in [1.29, 1.82) is 0 Å². The standard InChI is InChI=1S/C11H11FN2/c1-7-4-9(12)5-8-2-3-10(6-13)14-11(7)8/h2-5H,6,13H2,1H3. The van der Waals surface area contributed by atoms with E-state index < -0.39 is 0 Å². The van der Waals surface area contributed by atoms with Gasteiger partial charge in [0.15, 0.2) is 0 Å². The Hall–Kier alpha value is -1.48. The maximum absolute atomic E-state index is 13.0. The predicted octanol–water partition coefficient (Wildman–Crippen LogP) is 2.14. The van der Waals surface area contributed by atoms with E-state index in [4.69, 9.17) is 5.73 Å². The van der Waals surface area contributed by atoms with Crippen molar-refractivity contribution in [3.63, 3.8) is 0 Å². The van der Waals surface area contributed by atoms with Crippen molar-refractivity contribution in [1.82, 2.24) is 4.98 Å². The Morgan fingerprint density at radius 2 is 2.14 bits per heavy atom. The molecule has 0 saturated carbocycles. The van der Waals surface area contributed by atoms with Gasteiger partial charge in [-0.2, -0.15) is 0 Å². The molecule has 0 radical (unpaired) electrons. The number of nitrogens with two attached hydrogens (primary N) is 1. The number of aromatic nitrogens is 1. The molecule has 1 heterocycles. The van der Waals surface area contributed by atoms with Gasteiger partial charge in [-0.1, -0.05) is 6.07 Å². The van der Waals surface area contributed by atoms with Crippen molar-refractivity contribution in [2.75, 3.05) is 0 Å². The lowest BCUT2D eigenvalue weighted by Crippen LogP contribution is -1.99. The van der Waals surface area contributed by atoms with E-state index in [1.165, 1.54) is 12.1 Å². The molecule has 0 atom stereocenters. The first-order chi connectivity index (χ1) is 6.70. The Morgan fingerprint density at radius 3 is 2.86 bits per heavy atom. The molecule has 0 saturated heterocycles. The van der Waals surface area contributed by atoms with Crippen LogP contribution in [0.15, 0.2) is 24.3 Å². The summed E-state index contributed by atoms with van der Waals surface area (Å²) < 4.78 is 13.0. The highest BCUT2D eigenvalue weighted by molar-refractivity contribution is 5.81. The van der Waals surface area contributed by atoms with Crippen LogP contribution in [-0.2, 0) is 6.54 Å². The molecule has 72 valence electrons. The van der Waals surface area contributed by atoms with Crippen LogP contribution in [0.25, 0.3) is 10.9 Å². The Morgan fingerprint density at radius 1 is 1.36 bits per heavy atom. The maximum atomic E-state index is 13.0. The van der Waals surface area contributed by atoms with Gasteiger partial charge < -0.3 is 5.73 Å². The van der Waals surface area contributed by atoms with Gasteiger partial charge in [0, 0.05) is 11.9 Å². The quantitative estimate of drug-likeness (QED) is 0.748. The Labute approximate surface area is 81.6 Å². The minimum absolute atomic E-state index is 0.225. The number of halogens is 1. The summed E-state index contributed by atoms with van der Waals surface area (Å²) in [6, 6.07) is 6.63. The van der Waals surface area contributed by atoms with Crippen LogP contribution in [0.5, 0.6) is 0 Å². The molecule has 1 aromatic heterocycles. The molecule has 2 rings (SSSR count). The smallest absolute Gasteiger partial charge is 0.124 e. The summed E-state index contributed by atoms with van der Waals surface area (Å²) in [5, 5.41) is 0.819. The maximum Gasteiger partial charge on any atom is 0.124 e.